The first-order valence-corrected chi connectivity index (χ1v) is 7.79. The van der Waals surface area contributed by atoms with E-state index in [9.17, 15) is 0 Å². The Morgan fingerprint density at radius 1 is 1.47 bits per heavy atom. The highest BCUT2D eigenvalue weighted by atomic mass is 32.1. The summed E-state index contributed by atoms with van der Waals surface area (Å²) in [5.41, 5.74) is 2.70. The number of hydrogen-bond donors (Lipinski definition) is 1. The molecular formula is C13H16N2S2. The normalized spacial score (nSPS) is 19.2. The number of nitrogens with one attached hydrogen (secondary N) is 1. The molecule has 0 radical (unpaired) electrons. The summed E-state index contributed by atoms with van der Waals surface area (Å²) in [5, 5.41) is 9.17. The monoisotopic (exact) mass is 264 g/mol. The molecule has 17 heavy (non-hydrogen) atoms. The molecule has 2 heterocycles. The van der Waals surface area contributed by atoms with Crippen LogP contribution in [-0.4, -0.2) is 4.98 Å². The minimum absolute atomic E-state index is 0.534. The van der Waals surface area contributed by atoms with Gasteiger partial charge in [-0.05, 0) is 43.2 Å². The van der Waals surface area contributed by atoms with Crippen molar-refractivity contribution in [2.45, 2.75) is 38.8 Å². The molecule has 1 aliphatic carbocycles. The van der Waals surface area contributed by atoms with E-state index in [1.807, 2.05) is 11.3 Å². The minimum Gasteiger partial charge on any atom is -0.304 e. The van der Waals surface area contributed by atoms with Crippen molar-refractivity contribution in [2.24, 2.45) is 0 Å². The summed E-state index contributed by atoms with van der Waals surface area (Å²) in [5.74, 6) is 0. The summed E-state index contributed by atoms with van der Waals surface area (Å²) < 4.78 is 0. The van der Waals surface area contributed by atoms with E-state index in [1.165, 1.54) is 30.5 Å². The maximum Gasteiger partial charge on any atom is 0.0897 e. The average molecular weight is 264 g/mol. The lowest BCUT2D eigenvalue weighted by molar-refractivity contribution is 0.460. The molecule has 0 aromatic carbocycles. The Hall–Kier alpha value is -0.710. The number of thiazole rings is 1. The molecule has 90 valence electrons. The summed E-state index contributed by atoms with van der Waals surface area (Å²) in [6.45, 7) is 2.95. The highest BCUT2D eigenvalue weighted by Gasteiger charge is 2.20. The molecule has 2 aromatic heterocycles. The van der Waals surface area contributed by atoms with Crippen LogP contribution in [0.4, 0.5) is 0 Å². The van der Waals surface area contributed by atoms with E-state index in [1.54, 1.807) is 16.2 Å². The third kappa shape index (κ3) is 2.44. The molecule has 1 unspecified atom stereocenters. The van der Waals surface area contributed by atoms with E-state index < -0.39 is 0 Å². The van der Waals surface area contributed by atoms with E-state index in [0.717, 1.165) is 11.6 Å². The van der Waals surface area contributed by atoms with Gasteiger partial charge in [0.05, 0.1) is 10.7 Å². The fourth-order valence-corrected chi connectivity index (χ4v) is 4.02. The van der Waals surface area contributed by atoms with Crippen molar-refractivity contribution in [2.75, 3.05) is 0 Å². The second kappa shape index (κ2) is 4.88. The molecule has 2 nitrogen and oxygen atoms in total. The van der Waals surface area contributed by atoms with Gasteiger partial charge in [-0.25, -0.2) is 4.98 Å². The lowest BCUT2D eigenvalue weighted by Gasteiger charge is -2.23. The molecule has 2 aromatic rings. The molecular weight excluding hydrogens is 248 g/mol. The Bertz CT molecular complexity index is 501. The van der Waals surface area contributed by atoms with Crippen molar-refractivity contribution in [3.63, 3.8) is 0 Å². The van der Waals surface area contributed by atoms with E-state index >= 15 is 0 Å². The zero-order valence-electron chi connectivity index (χ0n) is 9.90. The number of rotatable bonds is 3. The third-order valence-corrected chi connectivity index (χ3v) is 5.07. The molecule has 0 aliphatic heterocycles. The van der Waals surface area contributed by atoms with Gasteiger partial charge in [-0.2, -0.15) is 0 Å². The topological polar surface area (TPSA) is 24.9 Å². The largest absolute Gasteiger partial charge is 0.304 e. The minimum atomic E-state index is 0.534. The predicted molar refractivity (Wildman–Crippen MR) is 73.7 cm³/mol. The maximum absolute atomic E-state index is 4.50. The lowest BCUT2D eigenvalue weighted by Crippen LogP contribution is -2.23. The smallest absolute Gasteiger partial charge is 0.0897 e. The second-order valence-corrected chi connectivity index (χ2v) is 6.55. The van der Waals surface area contributed by atoms with Crippen LogP contribution in [0.25, 0.3) is 0 Å². The first kappa shape index (κ1) is 11.4. The Kier molecular flexibility index (Phi) is 3.27. The summed E-state index contributed by atoms with van der Waals surface area (Å²) in [4.78, 5) is 6.07. The number of aromatic nitrogens is 1. The molecule has 4 heteroatoms. The predicted octanol–water partition coefficient (Wildman–Crippen LogP) is 3.68. The fourth-order valence-electron chi connectivity index (χ4n) is 2.42. The van der Waals surface area contributed by atoms with Crippen LogP contribution >= 0.6 is 22.7 Å². The second-order valence-electron chi connectivity index (χ2n) is 4.48. The number of fused-ring (bicyclic) bond motifs is 1. The van der Waals surface area contributed by atoms with Crippen LogP contribution in [0.2, 0.25) is 0 Å². The molecule has 0 saturated heterocycles. The van der Waals surface area contributed by atoms with Crippen molar-refractivity contribution in [3.05, 3.63) is 38.0 Å². The molecule has 0 amide bonds. The van der Waals surface area contributed by atoms with Crippen LogP contribution in [0.3, 0.4) is 0 Å². The molecule has 0 bridgehead atoms. The lowest BCUT2D eigenvalue weighted by atomic mass is 9.94. The molecule has 0 saturated carbocycles. The quantitative estimate of drug-likeness (QED) is 0.914. The Balaban J connectivity index is 1.67. The van der Waals surface area contributed by atoms with E-state index in [2.05, 4.69) is 34.1 Å². The van der Waals surface area contributed by atoms with Gasteiger partial charge in [-0.15, -0.1) is 22.7 Å². The standard InChI is InChI=1S/C13H16N2S2/c1-9-15-10(8-17-9)7-14-12-3-2-4-13-11(12)5-6-16-13/h5-6,8,12,14H,2-4,7H2,1H3. The van der Waals surface area contributed by atoms with Gasteiger partial charge < -0.3 is 5.32 Å². The molecule has 0 fully saturated rings. The van der Waals surface area contributed by atoms with Crippen molar-refractivity contribution in [1.29, 1.82) is 0 Å². The van der Waals surface area contributed by atoms with Crippen molar-refractivity contribution in [1.82, 2.24) is 10.3 Å². The zero-order chi connectivity index (χ0) is 11.7. The van der Waals surface area contributed by atoms with Gasteiger partial charge in [0.15, 0.2) is 0 Å². The number of hydrogen-bond acceptors (Lipinski definition) is 4. The summed E-state index contributed by atoms with van der Waals surface area (Å²) >= 11 is 3.63. The van der Waals surface area contributed by atoms with E-state index in [-0.39, 0.29) is 0 Å². The average Bonchev–Trinajstić information content (AvgIpc) is 2.94. The van der Waals surface area contributed by atoms with Crippen molar-refractivity contribution in [3.8, 4) is 0 Å². The summed E-state index contributed by atoms with van der Waals surface area (Å²) in [6.07, 6.45) is 3.83. The zero-order valence-corrected chi connectivity index (χ0v) is 11.5. The van der Waals surface area contributed by atoms with Crippen LogP contribution in [0.15, 0.2) is 16.8 Å². The van der Waals surface area contributed by atoms with Gasteiger partial charge in [0.2, 0.25) is 0 Å². The molecule has 1 aliphatic rings. The Morgan fingerprint density at radius 3 is 3.24 bits per heavy atom. The van der Waals surface area contributed by atoms with Gasteiger partial charge in [0.25, 0.3) is 0 Å². The third-order valence-electron chi connectivity index (χ3n) is 3.25. The number of thiophene rings is 1. The van der Waals surface area contributed by atoms with E-state index in [4.69, 9.17) is 0 Å². The Morgan fingerprint density at radius 2 is 2.41 bits per heavy atom. The van der Waals surface area contributed by atoms with Gasteiger partial charge in [0, 0.05) is 22.8 Å². The first-order valence-electron chi connectivity index (χ1n) is 6.03. The highest BCUT2D eigenvalue weighted by Crippen LogP contribution is 2.33. The fraction of sp³-hybridized carbons (Fsp3) is 0.462. The van der Waals surface area contributed by atoms with Gasteiger partial charge >= 0.3 is 0 Å². The van der Waals surface area contributed by atoms with Gasteiger partial charge in [-0.3, -0.25) is 0 Å². The highest BCUT2D eigenvalue weighted by molar-refractivity contribution is 7.10. The number of nitrogens with zero attached hydrogens (tertiary/aromatic N) is 1. The molecule has 1 atom stereocenters. The van der Waals surface area contributed by atoms with Gasteiger partial charge in [-0.1, -0.05) is 0 Å². The molecule has 0 spiro atoms. The van der Waals surface area contributed by atoms with Crippen LogP contribution in [-0.2, 0) is 13.0 Å². The van der Waals surface area contributed by atoms with Crippen LogP contribution in [0.1, 0.15) is 40.0 Å². The summed E-state index contributed by atoms with van der Waals surface area (Å²) in [6, 6.07) is 2.82. The first-order chi connectivity index (χ1) is 8.33. The number of aryl methyl sites for hydroxylation is 2. The van der Waals surface area contributed by atoms with Crippen molar-refractivity contribution < 1.29 is 0 Å². The summed E-state index contributed by atoms with van der Waals surface area (Å²) in [7, 11) is 0. The van der Waals surface area contributed by atoms with Crippen molar-refractivity contribution >= 4 is 22.7 Å². The maximum atomic E-state index is 4.50. The van der Waals surface area contributed by atoms with Crippen LogP contribution in [0, 0.1) is 6.92 Å². The molecule has 3 rings (SSSR count). The molecule has 1 N–H and O–H groups in total. The Labute approximate surface area is 110 Å². The van der Waals surface area contributed by atoms with E-state index in [0.29, 0.717) is 6.04 Å². The van der Waals surface area contributed by atoms with Crippen LogP contribution < -0.4 is 5.32 Å². The SMILES string of the molecule is Cc1nc(CNC2CCCc3sccc32)cs1. The van der Waals surface area contributed by atoms with Crippen LogP contribution in [0.5, 0.6) is 0 Å². The van der Waals surface area contributed by atoms with Gasteiger partial charge in [0.1, 0.15) is 0 Å².